The minimum Gasteiger partial charge on any atom is -0.497 e. The first-order valence-corrected chi connectivity index (χ1v) is 11.9. The number of ether oxygens (including phenoxy) is 2. The van der Waals surface area contributed by atoms with Crippen LogP contribution in [0.5, 0.6) is 11.5 Å². The van der Waals surface area contributed by atoms with Crippen molar-refractivity contribution in [2.45, 2.75) is 18.9 Å². The van der Waals surface area contributed by atoms with E-state index in [1.165, 1.54) is 0 Å². The van der Waals surface area contributed by atoms with Gasteiger partial charge < -0.3 is 14.8 Å². The van der Waals surface area contributed by atoms with Crippen molar-refractivity contribution in [3.8, 4) is 11.5 Å². The molecule has 0 saturated carbocycles. The molecule has 0 spiro atoms. The second kappa shape index (κ2) is 10.1. The van der Waals surface area contributed by atoms with Gasteiger partial charge in [0, 0.05) is 16.9 Å². The number of amides is 2. The lowest BCUT2D eigenvalue weighted by atomic mass is 9.78. The van der Waals surface area contributed by atoms with E-state index in [9.17, 15) is 9.59 Å². The average Bonchev–Trinajstić information content (AvgIpc) is 2.93. The van der Waals surface area contributed by atoms with E-state index in [0.29, 0.717) is 34.1 Å². The van der Waals surface area contributed by atoms with E-state index in [-0.39, 0.29) is 11.8 Å². The number of rotatable bonds is 6. The number of methoxy groups -OCH3 is 2. The van der Waals surface area contributed by atoms with E-state index < -0.39 is 12.0 Å². The molecule has 1 aliphatic heterocycles. The molecule has 37 heavy (non-hydrogen) atoms. The molecule has 1 aliphatic rings. The van der Waals surface area contributed by atoms with Crippen molar-refractivity contribution in [2.75, 3.05) is 24.4 Å². The second-order valence-corrected chi connectivity index (χ2v) is 8.81. The van der Waals surface area contributed by atoms with Crippen LogP contribution in [0.15, 0.2) is 91.0 Å². The lowest BCUT2D eigenvalue weighted by Gasteiger charge is -2.41. The molecule has 7 heteroatoms. The summed E-state index contributed by atoms with van der Waals surface area (Å²) in [5, 5.41) is 2.99. The highest BCUT2D eigenvalue weighted by Gasteiger charge is 2.45. The van der Waals surface area contributed by atoms with E-state index in [0.717, 1.165) is 11.3 Å². The number of anilines is 2. The monoisotopic (exact) mass is 493 g/mol. The quantitative estimate of drug-likeness (QED) is 0.382. The number of hydrogen-bond acceptors (Lipinski definition) is 5. The lowest BCUT2D eigenvalue weighted by Crippen LogP contribution is -2.46. The third-order valence-corrected chi connectivity index (χ3v) is 6.57. The standard InChI is InChI=1S/C30H27N3O4/c1-19-7-6-10-26(31-19)32-29(34)27-24-8-4-5-9-25(24)30(35)33(21-13-17-23(37-3)18-14-21)28(27)20-11-15-22(36-2)16-12-20/h4-18,27-28H,1-3H3,(H,31,32,34)/t27-,28+/m0/s1. The van der Waals surface area contributed by atoms with Crippen LogP contribution in [0.1, 0.15) is 39.1 Å². The average molecular weight is 494 g/mol. The minimum atomic E-state index is -0.702. The van der Waals surface area contributed by atoms with E-state index in [2.05, 4.69) is 10.3 Å². The summed E-state index contributed by atoms with van der Waals surface area (Å²) < 4.78 is 10.7. The van der Waals surface area contributed by atoms with Crippen LogP contribution in [0.25, 0.3) is 0 Å². The largest absolute Gasteiger partial charge is 0.497 e. The molecule has 1 N–H and O–H groups in total. The Hall–Kier alpha value is -4.65. The maximum atomic E-state index is 14.0. The van der Waals surface area contributed by atoms with E-state index in [4.69, 9.17) is 9.47 Å². The number of aryl methyl sites for hydroxylation is 1. The molecule has 0 radical (unpaired) electrons. The number of carbonyl (C=O) groups is 2. The predicted molar refractivity (Wildman–Crippen MR) is 142 cm³/mol. The number of aromatic nitrogens is 1. The third kappa shape index (κ3) is 4.63. The highest BCUT2D eigenvalue weighted by Crippen LogP contribution is 2.46. The molecule has 2 amide bonds. The van der Waals surface area contributed by atoms with Crippen LogP contribution in [0.4, 0.5) is 11.5 Å². The molecule has 5 rings (SSSR count). The first kappa shape index (κ1) is 24.1. The van der Waals surface area contributed by atoms with Crippen molar-refractivity contribution in [1.82, 2.24) is 4.98 Å². The summed E-state index contributed by atoms with van der Waals surface area (Å²) in [6.45, 7) is 1.87. The predicted octanol–water partition coefficient (Wildman–Crippen LogP) is 5.53. The first-order valence-electron chi connectivity index (χ1n) is 11.9. The number of carbonyl (C=O) groups excluding carboxylic acids is 2. The number of fused-ring (bicyclic) bond motifs is 1. The molecular weight excluding hydrogens is 466 g/mol. The van der Waals surface area contributed by atoms with Gasteiger partial charge in [-0.2, -0.15) is 0 Å². The van der Waals surface area contributed by atoms with E-state index in [1.807, 2.05) is 73.7 Å². The highest BCUT2D eigenvalue weighted by atomic mass is 16.5. The third-order valence-electron chi connectivity index (χ3n) is 6.57. The van der Waals surface area contributed by atoms with Crippen molar-refractivity contribution in [3.05, 3.63) is 113 Å². The van der Waals surface area contributed by atoms with Crippen molar-refractivity contribution < 1.29 is 19.1 Å². The molecular formula is C30H27N3O4. The zero-order valence-corrected chi connectivity index (χ0v) is 20.8. The number of hydrogen-bond donors (Lipinski definition) is 1. The van der Waals surface area contributed by atoms with E-state index >= 15 is 0 Å². The summed E-state index contributed by atoms with van der Waals surface area (Å²) in [4.78, 5) is 34.1. The second-order valence-electron chi connectivity index (χ2n) is 8.81. The normalized spacial score (nSPS) is 16.6. The Morgan fingerprint density at radius 3 is 2.14 bits per heavy atom. The molecule has 0 unspecified atom stereocenters. The fourth-order valence-corrected chi connectivity index (χ4v) is 4.80. The fourth-order valence-electron chi connectivity index (χ4n) is 4.80. The Labute approximate surface area is 215 Å². The first-order chi connectivity index (χ1) is 18.0. The van der Waals surface area contributed by atoms with Crippen molar-refractivity contribution >= 4 is 23.3 Å². The van der Waals surface area contributed by atoms with Gasteiger partial charge in [0.25, 0.3) is 5.91 Å². The molecule has 186 valence electrons. The zero-order chi connectivity index (χ0) is 25.9. The highest BCUT2D eigenvalue weighted by molar-refractivity contribution is 6.12. The summed E-state index contributed by atoms with van der Waals surface area (Å²) in [5.41, 5.74) is 3.41. The molecule has 0 fully saturated rings. The van der Waals surface area contributed by atoms with Gasteiger partial charge in [-0.05, 0) is 72.6 Å². The van der Waals surface area contributed by atoms with Crippen LogP contribution < -0.4 is 19.7 Å². The maximum absolute atomic E-state index is 14.0. The summed E-state index contributed by atoms with van der Waals surface area (Å²) in [6.07, 6.45) is 0. The topological polar surface area (TPSA) is 80.8 Å². The van der Waals surface area contributed by atoms with Gasteiger partial charge in [-0.25, -0.2) is 4.98 Å². The molecule has 1 aromatic heterocycles. The minimum absolute atomic E-state index is 0.181. The SMILES string of the molecule is COc1ccc([C@@H]2[C@@H](C(=O)Nc3cccc(C)n3)c3ccccc3C(=O)N2c2ccc(OC)cc2)cc1. The molecule has 0 saturated heterocycles. The van der Waals surface area contributed by atoms with Crippen molar-refractivity contribution in [1.29, 1.82) is 0 Å². The summed E-state index contributed by atoms with van der Waals surface area (Å²) >= 11 is 0. The summed E-state index contributed by atoms with van der Waals surface area (Å²) in [5.74, 6) is 0.689. The molecule has 0 aliphatic carbocycles. The number of benzene rings is 3. The van der Waals surface area contributed by atoms with Crippen LogP contribution in [-0.2, 0) is 4.79 Å². The molecule has 2 heterocycles. The van der Waals surface area contributed by atoms with Gasteiger partial charge in [-0.15, -0.1) is 0 Å². The number of nitrogens with one attached hydrogen (secondary N) is 1. The van der Waals surface area contributed by atoms with Crippen molar-refractivity contribution in [3.63, 3.8) is 0 Å². The maximum Gasteiger partial charge on any atom is 0.259 e. The van der Waals surface area contributed by atoms with Gasteiger partial charge >= 0.3 is 0 Å². The van der Waals surface area contributed by atoms with Gasteiger partial charge in [0.05, 0.1) is 26.2 Å². The van der Waals surface area contributed by atoms with Crippen molar-refractivity contribution in [2.24, 2.45) is 0 Å². The van der Waals surface area contributed by atoms with Gasteiger partial charge in [-0.1, -0.05) is 36.4 Å². The molecule has 0 bridgehead atoms. The van der Waals surface area contributed by atoms with Gasteiger partial charge in [0.2, 0.25) is 5.91 Å². The van der Waals surface area contributed by atoms with Crippen LogP contribution in [0, 0.1) is 6.92 Å². The lowest BCUT2D eigenvalue weighted by molar-refractivity contribution is -0.118. The molecule has 7 nitrogen and oxygen atoms in total. The van der Waals surface area contributed by atoms with Crippen LogP contribution in [0.3, 0.4) is 0 Å². The Kier molecular flexibility index (Phi) is 6.60. The fraction of sp³-hybridized carbons (Fsp3) is 0.167. The van der Waals surface area contributed by atoms with Gasteiger partial charge in [-0.3, -0.25) is 14.5 Å². The van der Waals surface area contributed by atoms with Crippen LogP contribution in [0.2, 0.25) is 0 Å². The molecule has 3 aromatic carbocycles. The van der Waals surface area contributed by atoms with Gasteiger partial charge in [0.1, 0.15) is 17.3 Å². The zero-order valence-electron chi connectivity index (χ0n) is 20.8. The Morgan fingerprint density at radius 2 is 1.49 bits per heavy atom. The van der Waals surface area contributed by atoms with Gasteiger partial charge in [0.15, 0.2) is 0 Å². The van der Waals surface area contributed by atoms with Crippen LogP contribution in [-0.4, -0.2) is 31.0 Å². The summed E-state index contributed by atoms with van der Waals surface area (Å²) in [6, 6.07) is 26.9. The van der Waals surface area contributed by atoms with E-state index in [1.54, 1.807) is 43.4 Å². The van der Waals surface area contributed by atoms with Crippen LogP contribution >= 0.6 is 0 Å². The number of pyridine rings is 1. The smallest absolute Gasteiger partial charge is 0.259 e. The Morgan fingerprint density at radius 1 is 0.838 bits per heavy atom. The Balaban J connectivity index is 1.68. The molecule has 4 aromatic rings. The Bertz CT molecular complexity index is 1430. The molecule has 2 atom stereocenters. The summed E-state index contributed by atoms with van der Waals surface area (Å²) in [7, 11) is 3.20. The number of nitrogens with zero attached hydrogens (tertiary/aromatic N) is 2.